The van der Waals surface area contributed by atoms with Gasteiger partial charge in [0.25, 0.3) is 5.91 Å². The molecule has 3 aromatic rings. The number of carbonyl (C=O) groups is 2. The van der Waals surface area contributed by atoms with Gasteiger partial charge < -0.3 is 10.6 Å². The number of rotatable bonds is 5. The molecule has 1 heterocycles. The summed E-state index contributed by atoms with van der Waals surface area (Å²) < 4.78 is 1.72. The summed E-state index contributed by atoms with van der Waals surface area (Å²) in [5.74, 6) is -0.362. The summed E-state index contributed by atoms with van der Waals surface area (Å²) in [4.78, 5) is 23.8. The predicted octanol–water partition coefficient (Wildman–Crippen LogP) is 3.08. The Balaban J connectivity index is 1.66. The van der Waals surface area contributed by atoms with Crippen molar-refractivity contribution in [3.63, 3.8) is 0 Å². The Kier molecular flexibility index (Phi) is 5.00. The van der Waals surface area contributed by atoms with Crippen LogP contribution in [0.3, 0.4) is 0 Å². The van der Waals surface area contributed by atoms with Crippen molar-refractivity contribution < 1.29 is 9.59 Å². The van der Waals surface area contributed by atoms with Gasteiger partial charge in [-0.1, -0.05) is 29.8 Å². The van der Waals surface area contributed by atoms with E-state index in [-0.39, 0.29) is 18.2 Å². The minimum atomic E-state index is -0.200. The molecule has 0 aliphatic rings. The van der Waals surface area contributed by atoms with Gasteiger partial charge in [0, 0.05) is 30.1 Å². The van der Waals surface area contributed by atoms with Gasteiger partial charge in [0.1, 0.15) is 0 Å². The number of para-hydroxylation sites is 1. The van der Waals surface area contributed by atoms with Crippen LogP contribution in [-0.4, -0.2) is 28.6 Å². The van der Waals surface area contributed by atoms with Gasteiger partial charge in [-0.15, -0.1) is 0 Å². The molecule has 7 heteroatoms. The molecule has 0 spiro atoms. The highest BCUT2D eigenvalue weighted by Gasteiger charge is 2.10. The number of fused-ring (bicyclic) bond motifs is 1. The van der Waals surface area contributed by atoms with E-state index in [1.54, 1.807) is 36.0 Å². The summed E-state index contributed by atoms with van der Waals surface area (Å²) >= 11 is 6.11. The summed E-state index contributed by atoms with van der Waals surface area (Å²) in [6, 6.07) is 14.4. The van der Waals surface area contributed by atoms with Crippen LogP contribution >= 0.6 is 11.6 Å². The van der Waals surface area contributed by atoms with E-state index in [0.29, 0.717) is 22.9 Å². The number of aryl methyl sites for hydroxylation is 1. The van der Waals surface area contributed by atoms with Crippen molar-refractivity contribution in [2.24, 2.45) is 0 Å². The average Bonchev–Trinajstić information content (AvgIpc) is 2.96. The Morgan fingerprint density at radius 2 is 1.96 bits per heavy atom. The van der Waals surface area contributed by atoms with Gasteiger partial charge in [0.2, 0.25) is 5.91 Å². The number of nitrogens with zero attached hydrogens (tertiary/aromatic N) is 2. The highest BCUT2D eigenvalue weighted by atomic mass is 35.5. The molecule has 0 saturated carbocycles. The normalized spacial score (nSPS) is 10.6. The molecule has 0 saturated heterocycles. The van der Waals surface area contributed by atoms with E-state index >= 15 is 0 Å². The zero-order valence-electron chi connectivity index (χ0n) is 13.6. The molecule has 25 heavy (non-hydrogen) atoms. The van der Waals surface area contributed by atoms with Crippen LogP contribution in [0.4, 0.5) is 5.69 Å². The van der Waals surface area contributed by atoms with Crippen LogP contribution < -0.4 is 10.6 Å². The molecule has 2 amide bonds. The maximum Gasteiger partial charge on any atom is 0.251 e. The number of hydrogen-bond donors (Lipinski definition) is 2. The van der Waals surface area contributed by atoms with Crippen LogP contribution in [0.15, 0.2) is 48.5 Å². The number of benzene rings is 2. The Labute approximate surface area is 149 Å². The van der Waals surface area contributed by atoms with Gasteiger partial charge in [0.05, 0.1) is 12.1 Å². The van der Waals surface area contributed by atoms with E-state index in [2.05, 4.69) is 15.7 Å². The zero-order chi connectivity index (χ0) is 17.8. The summed E-state index contributed by atoms with van der Waals surface area (Å²) in [5, 5.41) is 10.9. The van der Waals surface area contributed by atoms with E-state index in [9.17, 15) is 9.59 Å². The lowest BCUT2D eigenvalue weighted by atomic mass is 10.2. The summed E-state index contributed by atoms with van der Waals surface area (Å²) in [7, 11) is 1.56. The largest absolute Gasteiger partial charge is 0.355 e. The van der Waals surface area contributed by atoms with Gasteiger partial charge in [-0.05, 0) is 30.3 Å². The molecule has 6 nitrogen and oxygen atoms in total. The molecular formula is C18H17ClN4O2. The Bertz CT molecular complexity index is 936. The maximum atomic E-state index is 12.2. The van der Waals surface area contributed by atoms with Crippen LogP contribution in [0.25, 0.3) is 10.9 Å². The van der Waals surface area contributed by atoms with Gasteiger partial charge in [-0.2, -0.15) is 5.10 Å². The summed E-state index contributed by atoms with van der Waals surface area (Å²) in [5.41, 5.74) is 1.96. The lowest BCUT2D eigenvalue weighted by molar-refractivity contribution is -0.116. The molecule has 0 radical (unpaired) electrons. The fourth-order valence-electron chi connectivity index (χ4n) is 2.57. The standard InChI is InChI=1S/C18H17ClN4O2/c1-20-18(25)12-5-4-6-13(11-12)21-16(24)9-10-23-15-8-3-2-7-14(15)17(19)22-23/h2-8,11H,9-10H2,1H3,(H,20,25)(H,21,24). The molecule has 2 N–H and O–H groups in total. The molecule has 0 aliphatic carbocycles. The first-order chi connectivity index (χ1) is 12.1. The number of amides is 2. The van der Waals surface area contributed by atoms with E-state index in [0.717, 1.165) is 10.9 Å². The fraction of sp³-hybridized carbons (Fsp3) is 0.167. The van der Waals surface area contributed by atoms with Crippen LogP contribution in [0.2, 0.25) is 5.15 Å². The number of nitrogens with one attached hydrogen (secondary N) is 2. The zero-order valence-corrected chi connectivity index (χ0v) is 14.4. The lowest BCUT2D eigenvalue weighted by Gasteiger charge is -2.08. The molecular weight excluding hydrogens is 340 g/mol. The number of carbonyl (C=O) groups excluding carboxylic acids is 2. The number of hydrogen-bond acceptors (Lipinski definition) is 3. The molecule has 0 aliphatic heterocycles. The first-order valence-electron chi connectivity index (χ1n) is 7.81. The van der Waals surface area contributed by atoms with Crippen molar-refractivity contribution in [2.45, 2.75) is 13.0 Å². The smallest absolute Gasteiger partial charge is 0.251 e. The quantitative estimate of drug-likeness (QED) is 0.737. The summed E-state index contributed by atoms with van der Waals surface area (Å²) in [6.07, 6.45) is 0.242. The fourth-order valence-corrected chi connectivity index (χ4v) is 2.82. The van der Waals surface area contributed by atoms with Crippen molar-refractivity contribution in [3.05, 3.63) is 59.2 Å². The Morgan fingerprint density at radius 1 is 1.16 bits per heavy atom. The minimum Gasteiger partial charge on any atom is -0.355 e. The molecule has 128 valence electrons. The first-order valence-corrected chi connectivity index (χ1v) is 8.19. The van der Waals surface area contributed by atoms with Crippen molar-refractivity contribution in [2.75, 3.05) is 12.4 Å². The van der Waals surface area contributed by atoms with Crippen LogP contribution in [-0.2, 0) is 11.3 Å². The third-order valence-electron chi connectivity index (χ3n) is 3.80. The number of halogens is 1. The van der Waals surface area contributed by atoms with Crippen LogP contribution in [0.1, 0.15) is 16.8 Å². The van der Waals surface area contributed by atoms with Crippen molar-refractivity contribution in [1.29, 1.82) is 0 Å². The Morgan fingerprint density at radius 3 is 2.76 bits per heavy atom. The Hall–Kier alpha value is -2.86. The average molecular weight is 357 g/mol. The van der Waals surface area contributed by atoms with Crippen LogP contribution in [0.5, 0.6) is 0 Å². The van der Waals surface area contributed by atoms with Crippen molar-refractivity contribution in [1.82, 2.24) is 15.1 Å². The maximum absolute atomic E-state index is 12.2. The van der Waals surface area contributed by atoms with E-state index in [1.165, 1.54) is 0 Å². The predicted molar refractivity (Wildman–Crippen MR) is 97.8 cm³/mol. The molecule has 0 bridgehead atoms. The van der Waals surface area contributed by atoms with Gasteiger partial charge >= 0.3 is 0 Å². The summed E-state index contributed by atoms with van der Waals surface area (Å²) in [6.45, 7) is 0.411. The molecule has 0 atom stereocenters. The van der Waals surface area contributed by atoms with Crippen molar-refractivity contribution in [3.8, 4) is 0 Å². The first kappa shape index (κ1) is 17.0. The van der Waals surface area contributed by atoms with Gasteiger partial charge in [-0.25, -0.2) is 0 Å². The second kappa shape index (κ2) is 7.36. The molecule has 1 aromatic heterocycles. The SMILES string of the molecule is CNC(=O)c1cccc(NC(=O)CCn2nc(Cl)c3ccccc32)c1. The van der Waals surface area contributed by atoms with E-state index in [1.807, 2.05) is 24.3 Å². The number of anilines is 1. The minimum absolute atomic E-state index is 0.162. The van der Waals surface area contributed by atoms with E-state index in [4.69, 9.17) is 11.6 Å². The van der Waals surface area contributed by atoms with Crippen molar-refractivity contribution >= 4 is 40.0 Å². The van der Waals surface area contributed by atoms with Gasteiger partial charge in [-0.3, -0.25) is 14.3 Å². The monoisotopic (exact) mass is 356 g/mol. The van der Waals surface area contributed by atoms with Crippen LogP contribution in [0, 0.1) is 0 Å². The number of aromatic nitrogens is 2. The molecule has 0 unspecified atom stereocenters. The topological polar surface area (TPSA) is 76.0 Å². The third-order valence-corrected chi connectivity index (χ3v) is 4.08. The molecule has 2 aromatic carbocycles. The highest BCUT2D eigenvalue weighted by molar-refractivity contribution is 6.34. The molecule has 3 rings (SSSR count). The second-order valence-electron chi connectivity index (χ2n) is 5.49. The molecule has 0 fully saturated rings. The van der Waals surface area contributed by atoms with E-state index < -0.39 is 0 Å². The van der Waals surface area contributed by atoms with Gasteiger partial charge in [0.15, 0.2) is 5.15 Å². The lowest BCUT2D eigenvalue weighted by Crippen LogP contribution is -2.19. The highest BCUT2D eigenvalue weighted by Crippen LogP contribution is 2.22. The third kappa shape index (κ3) is 3.80. The second-order valence-corrected chi connectivity index (χ2v) is 5.85.